The molecule has 2 aromatic carbocycles. The molecular formula is C24H20ClF3N6. The highest BCUT2D eigenvalue weighted by Crippen LogP contribution is 2.33. The first-order valence-electron chi connectivity index (χ1n) is 10.7. The third kappa shape index (κ3) is 4.56. The molecule has 6 nitrogen and oxygen atoms in total. The normalized spacial score (nSPS) is 14.5. The number of aromatic nitrogens is 4. The molecule has 0 aliphatic carbocycles. The monoisotopic (exact) mass is 484 g/mol. The maximum Gasteiger partial charge on any atom is 0.435 e. The van der Waals surface area contributed by atoms with Crippen molar-refractivity contribution < 1.29 is 13.2 Å². The van der Waals surface area contributed by atoms with Crippen LogP contribution < -0.4 is 9.80 Å². The summed E-state index contributed by atoms with van der Waals surface area (Å²) in [5, 5.41) is 4.32. The van der Waals surface area contributed by atoms with Gasteiger partial charge < -0.3 is 9.80 Å². The molecule has 0 saturated carbocycles. The number of hydrogen-bond donors (Lipinski definition) is 0. The van der Waals surface area contributed by atoms with E-state index in [1.807, 2.05) is 18.2 Å². The molecule has 1 aliphatic heterocycles. The standard InChI is InChI=1S/C24H20ClF3N6/c25-18-8-6-17(7-9-18)20-14-21(24(26,27)28)31-34(20)23-15-22(29-16-30-23)33-12-10-32(11-13-33)19-4-2-1-3-5-19/h1-9,14-16H,10-13H2. The molecule has 174 valence electrons. The van der Waals surface area contributed by atoms with E-state index in [1.165, 1.54) is 11.0 Å². The minimum Gasteiger partial charge on any atom is -0.368 e. The second-order valence-electron chi connectivity index (χ2n) is 7.88. The first kappa shape index (κ1) is 22.2. The van der Waals surface area contributed by atoms with E-state index in [4.69, 9.17) is 11.6 Å². The number of halogens is 4. The Kier molecular flexibility index (Phi) is 5.87. The summed E-state index contributed by atoms with van der Waals surface area (Å²) in [5.74, 6) is 0.903. The quantitative estimate of drug-likeness (QED) is 0.392. The van der Waals surface area contributed by atoms with Gasteiger partial charge in [-0.3, -0.25) is 0 Å². The van der Waals surface area contributed by atoms with Crippen molar-refractivity contribution in [2.24, 2.45) is 0 Å². The minimum atomic E-state index is -4.59. The van der Waals surface area contributed by atoms with Crippen molar-refractivity contribution in [1.82, 2.24) is 19.7 Å². The predicted octanol–water partition coefficient (Wildman–Crippen LogP) is 5.33. The summed E-state index contributed by atoms with van der Waals surface area (Å²) in [5.41, 5.74) is 0.981. The van der Waals surface area contributed by atoms with Crippen molar-refractivity contribution in [1.29, 1.82) is 0 Å². The molecule has 2 aromatic heterocycles. The molecule has 34 heavy (non-hydrogen) atoms. The van der Waals surface area contributed by atoms with Gasteiger partial charge in [0.1, 0.15) is 12.1 Å². The molecule has 4 aromatic rings. The molecular weight excluding hydrogens is 465 g/mol. The van der Waals surface area contributed by atoms with Gasteiger partial charge in [0.15, 0.2) is 11.5 Å². The number of benzene rings is 2. The van der Waals surface area contributed by atoms with E-state index >= 15 is 0 Å². The fourth-order valence-corrected chi connectivity index (χ4v) is 4.11. The summed E-state index contributed by atoms with van der Waals surface area (Å²) in [4.78, 5) is 13.0. The lowest BCUT2D eigenvalue weighted by Crippen LogP contribution is -2.46. The van der Waals surface area contributed by atoms with E-state index in [0.717, 1.165) is 37.9 Å². The average molecular weight is 485 g/mol. The molecule has 1 aliphatic rings. The van der Waals surface area contributed by atoms with Crippen LogP contribution in [0.15, 0.2) is 73.1 Å². The lowest BCUT2D eigenvalue weighted by Gasteiger charge is -2.36. The van der Waals surface area contributed by atoms with Crippen molar-refractivity contribution in [3.63, 3.8) is 0 Å². The van der Waals surface area contributed by atoms with Crippen LogP contribution in [0.25, 0.3) is 17.1 Å². The van der Waals surface area contributed by atoms with E-state index in [9.17, 15) is 13.2 Å². The smallest absolute Gasteiger partial charge is 0.368 e. The Morgan fingerprint density at radius 2 is 1.41 bits per heavy atom. The summed E-state index contributed by atoms with van der Waals surface area (Å²) in [6.07, 6.45) is -3.23. The molecule has 0 amide bonds. The summed E-state index contributed by atoms with van der Waals surface area (Å²) >= 11 is 5.96. The van der Waals surface area contributed by atoms with Crippen molar-refractivity contribution in [2.45, 2.75) is 6.18 Å². The maximum absolute atomic E-state index is 13.5. The van der Waals surface area contributed by atoms with Crippen LogP contribution in [0.2, 0.25) is 5.02 Å². The Labute approximate surface area is 199 Å². The number of anilines is 2. The molecule has 0 unspecified atom stereocenters. The van der Waals surface area contributed by atoms with Crippen molar-refractivity contribution in [3.8, 4) is 17.1 Å². The molecule has 10 heteroatoms. The Morgan fingerprint density at radius 3 is 2.09 bits per heavy atom. The molecule has 5 rings (SSSR count). The largest absolute Gasteiger partial charge is 0.435 e. The van der Waals surface area contributed by atoms with Gasteiger partial charge in [0.2, 0.25) is 0 Å². The van der Waals surface area contributed by atoms with E-state index in [0.29, 0.717) is 16.4 Å². The highest BCUT2D eigenvalue weighted by Gasteiger charge is 2.35. The topological polar surface area (TPSA) is 50.1 Å². The third-order valence-corrected chi connectivity index (χ3v) is 5.97. The SMILES string of the molecule is FC(F)(F)c1cc(-c2ccc(Cl)cc2)n(-c2cc(N3CCN(c4ccccc4)CC3)ncn2)n1. The maximum atomic E-state index is 13.5. The molecule has 0 spiro atoms. The van der Waals surface area contributed by atoms with Gasteiger partial charge in [0.05, 0.1) is 5.69 Å². The zero-order valence-electron chi connectivity index (χ0n) is 18.0. The highest BCUT2D eigenvalue weighted by atomic mass is 35.5. The van der Waals surface area contributed by atoms with Gasteiger partial charge in [-0.25, -0.2) is 14.6 Å². The van der Waals surface area contributed by atoms with E-state index in [-0.39, 0.29) is 11.5 Å². The van der Waals surface area contributed by atoms with Crippen LogP contribution in [0.1, 0.15) is 5.69 Å². The van der Waals surface area contributed by atoms with Crippen LogP contribution in [-0.4, -0.2) is 45.9 Å². The van der Waals surface area contributed by atoms with Gasteiger partial charge in [0.25, 0.3) is 0 Å². The lowest BCUT2D eigenvalue weighted by atomic mass is 10.1. The predicted molar refractivity (Wildman–Crippen MR) is 125 cm³/mol. The number of piperazine rings is 1. The van der Waals surface area contributed by atoms with Gasteiger partial charge in [0, 0.05) is 48.5 Å². The van der Waals surface area contributed by atoms with E-state index in [2.05, 4.69) is 37.0 Å². The second-order valence-corrected chi connectivity index (χ2v) is 8.31. The lowest BCUT2D eigenvalue weighted by molar-refractivity contribution is -0.141. The Balaban J connectivity index is 1.44. The zero-order valence-corrected chi connectivity index (χ0v) is 18.7. The number of para-hydroxylation sites is 1. The Bertz CT molecular complexity index is 1270. The fourth-order valence-electron chi connectivity index (χ4n) is 3.98. The van der Waals surface area contributed by atoms with Gasteiger partial charge in [-0.15, -0.1) is 0 Å². The second kappa shape index (κ2) is 8.98. The minimum absolute atomic E-state index is 0.260. The third-order valence-electron chi connectivity index (χ3n) is 5.72. The highest BCUT2D eigenvalue weighted by molar-refractivity contribution is 6.30. The van der Waals surface area contributed by atoms with Gasteiger partial charge in [-0.2, -0.15) is 18.3 Å². The van der Waals surface area contributed by atoms with Gasteiger partial charge in [-0.05, 0) is 30.3 Å². The summed E-state index contributed by atoms with van der Waals surface area (Å²) in [7, 11) is 0. The van der Waals surface area contributed by atoms with Crippen molar-refractivity contribution in [3.05, 3.63) is 83.8 Å². The van der Waals surface area contributed by atoms with Crippen LogP contribution in [0.4, 0.5) is 24.7 Å². The van der Waals surface area contributed by atoms with Crippen molar-refractivity contribution in [2.75, 3.05) is 36.0 Å². The molecule has 1 saturated heterocycles. The Hall–Kier alpha value is -3.59. The number of nitrogens with zero attached hydrogens (tertiary/aromatic N) is 6. The van der Waals surface area contributed by atoms with Crippen LogP contribution in [0.5, 0.6) is 0 Å². The van der Waals surface area contributed by atoms with Crippen LogP contribution in [0.3, 0.4) is 0 Å². The van der Waals surface area contributed by atoms with Gasteiger partial charge >= 0.3 is 6.18 Å². The van der Waals surface area contributed by atoms with Gasteiger partial charge in [-0.1, -0.05) is 41.9 Å². The summed E-state index contributed by atoms with van der Waals surface area (Å²) in [6, 6.07) is 19.4. The molecule has 1 fully saturated rings. The molecule has 3 heterocycles. The summed E-state index contributed by atoms with van der Waals surface area (Å²) in [6.45, 7) is 3.06. The first-order valence-corrected chi connectivity index (χ1v) is 11.1. The average Bonchev–Trinajstić information content (AvgIpc) is 3.32. The van der Waals surface area contributed by atoms with E-state index < -0.39 is 11.9 Å². The van der Waals surface area contributed by atoms with Crippen LogP contribution in [0, 0.1) is 0 Å². The summed E-state index contributed by atoms with van der Waals surface area (Å²) < 4.78 is 41.6. The first-order chi connectivity index (χ1) is 16.4. The van der Waals surface area contributed by atoms with Crippen LogP contribution in [-0.2, 0) is 6.18 Å². The molecule has 0 atom stereocenters. The number of rotatable bonds is 4. The number of hydrogen-bond acceptors (Lipinski definition) is 5. The number of alkyl halides is 3. The van der Waals surface area contributed by atoms with Crippen molar-refractivity contribution >= 4 is 23.1 Å². The zero-order chi connectivity index (χ0) is 23.7. The molecule has 0 bridgehead atoms. The fraction of sp³-hybridized carbons (Fsp3) is 0.208. The van der Waals surface area contributed by atoms with Crippen LogP contribution >= 0.6 is 11.6 Å². The molecule has 0 N–H and O–H groups in total. The Morgan fingerprint density at radius 1 is 0.765 bits per heavy atom. The van der Waals surface area contributed by atoms with E-state index in [1.54, 1.807) is 30.3 Å². The molecule has 0 radical (unpaired) electrons.